The van der Waals surface area contributed by atoms with E-state index >= 15 is 0 Å². The highest BCUT2D eigenvalue weighted by Gasteiger charge is 2.32. The lowest BCUT2D eigenvalue weighted by molar-refractivity contribution is -0.138. The number of hydrogen-bond donors (Lipinski definition) is 9. The number of carboxylic acid groups (broad SMARTS) is 1. The van der Waals surface area contributed by atoms with Gasteiger partial charge in [-0.05, 0) is 70.6 Å². The van der Waals surface area contributed by atoms with Crippen LogP contribution in [0.3, 0.4) is 0 Å². The van der Waals surface area contributed by atoms with E-state index in [4.69, 9.17) is 20.3 Å². The summed E-state index contributed by atoms with van der Waals surface area (Å²) in [5, 5.41) is 32.4. The van der Waals surface area contributed by atoms with Crippen LogP contribution in [0.2, 0.25) is 0 Å². The fourth-order valence-electron chi connectivity index (χ4n) is 4.90. The maximum Gasteiger partial charge on any atom is 0.408 e. The van der Waals surface area contributed by atoms with Gasteiger partial charge in [0, 0.05) is 36.2 Å². The second-order valence-electron chi connectivity index (χ2n) is 13.3. The second kappa shape index (κ2) is 21.2. The molecule has 0 saturated heterocycles. The van der Waals surface area contributed by atoms with E-state index in [1.807, 2.05) is 0 Å². The largest absolute Gasteiger partial charge is 0.481 e. The first kappa shape index (κ1) is 45.6. The van der Waals surface area contributed by atoms with Crippen molar-refractivity contribution in [1.82, 2.24) is 26.6 Å². The monoisotopic (exact) mass is 766 g/mol. The number of nitrogens with two attached hydrogens (primary N) is 1. The number of rotatable bonds is 18. The van der Waals surface area contributed by atoms with Gasteiger partial charge in [-0.3, -0.25) is 29.4 Å². The molecule has 10 N–H and O–H groups in total. The van der Waals surface area contributed by atoms with Crippen molar-refractivity contribution in [2.45, 2.75) is 97.4 Å². The third-order valence-corrected chi connectivity index (χ3v) is 7.73. The summed E-state index contributed by atoms with van der Waals surface area (Å²) in [4.78, 5) is 88.5. The average Bonchev–Trinajstić information content (AvgIpc) is 3.03. The van der Waals surface area contributed by atoms with E-state index < -0.39 is 83.9 Å². The summed E-state index contributed by atoms with van der Waals surface area (Å²) in [7, 11) is 0. The van der Waals surface area contributed by atoms with Gasteiger partial charge in [-0.15, -0.1) is 12.4 Å². The Kier molecular flexibility index (Phi) is 18.3. The molecule has 1 heterocycles. The van der Waals surface area contributed by atoms with E-state index in [9.17, 15) is 38.7 Å². The van der Waals surface area contributed by atoms with Crippen LogP contribution in [0, 0.1) is 18.3 Å². The predicted octanol–water partition coefficient (Wildman–Crippen LogP) is 1.61. The van der Waals surface area contributed by atoms with Gasteiger partial charge in [0.25, 0.3) is 0 Å². The number of fused-ring (bicyclic) bond motifs is 1. The Labute approximate surface area is 313 Å². The van der Waals surface area contributed by atoms with E-state index in [1.54, 1.807) is 53.7 Å². The van der Waals surface area contributed by atoms with Crippen LogP contribution in [-0.4, -0.2) is 83.6 Å². The van der Waals surface area contributed by atoms with Gasteiger partial charge in [0.05, 0.1) is 6.54 Å². The molecule has 294 valence electrons. The smallest absolute Gasteiger partial charge is 0.408 e. The van der Waals surface area contributed by atoms with Crippen molar-refractivity contribution in [3.05, 3.63) is 40.2 Å². The molecule has 18 nitrogen and oxygen atoms in total. The highest BCUT2D eigenvalue weighted by atomic mass is 35.5. The van der Waals surface area contributed by atoms with E-state index in [0.29, 0.717) is 23.8 Å². The summed E-state index contributed by atoms with van der Waals surface area (Å²) in [5.74, 6) is -4.93. The predicted molar refractivity (Wildman–Crippen MR) is 199 cm³/mol. The fourth-order valence-corrected chi connectivity index (χ4v) is 4.90. The van der Waals surface area contributed by atoms with Gasteiger partial charge in [0.1, 0.15) is 29.3 Å². The third kappa shape index (κ3) is 16.2. The normalized spacial score (nSPS) is 13.2. The van der Waals surface area contributed by atoms with Gasteiger partial charge in [-0.25, -0.2) is 9.59 Å². The van der Waals surface area contributed by atoms with Crippen LogP contribution < -0.4 is 43.3 Å². The number of ether oxygens (including phenoxy) is 1. The van der Waals surface area contributed by atoms with Crippen molar-refractivity contribution in [2.75, 3.05) is 18.4 Å². The zero-order valence-corrected chi connectivity index (χ0v) is 31.5. The molecular weight excluding hydrogens is 716 g/mol. The molecule has 0 radical (unpaired) electrons. The van der Waals surface area contributed by atoms with Crippen molar-refractivity contribution >= 4 is 70.7 Å². The number of anilines is 1. The molecular formula is C34H51ClN8O10. The first-order chi connectivity index (χ1) is 24.3. The second-order valence-corrected chi connectivity index (χ2v) is 13.3. The highest BCUT2D eigenvalue weighted by Crippen LogP contribution is 2.21. The molecule has 1 aromatic carbocycles. The molecule has 0 saturated carbocycles. The number of amides is 5. The summed E-state index contributed by atoms with van der Waals surface area (Å²) in [6, 6.07) is 2.44. The number of alkyl carbamates (subject to hydrolysis) is 1. The van der Waals surface area contributed by atoms with Crippen LogP contribution in [-0.2, 0) is 28.7 Å². The van der Waals surface area contributed by atoms with Gasteiger partial charge in [0.2, 0.25) is 23.6 Å². The minimum atomic E-state index is -1.39. The first-order valence-corrected chi connectivity index (χ1v) is 16.8. The van der Waals surface area contributed by atoms with Gasteiger partial charge in [0.15, 0.2) is 5.96 Å². The van der Waals surface area contributed by atoms with Gasteiger partial charge >= 0.3 is 17.7 Å². The molecule has 0 aliphatic heterocycles. The summed E-state index contributed by atoms with van der Waals surface area (Å²) < 4.78 is 10.5. The Balaban J connectivity index is 0.0000140. The molecule has 1 aromatic heterocycles. The highest BCUT2D eigenvalue weighted by molar-refractivity contribution is 5.99. The zero-order valence-electron chi connectivity index (χ0n) is 30.7. The summed E-state index contributed by atoms with van der Waals surface area (Å²) in [6.45, 7) is 9.79. The summed E-state index contributed by atoms with van der Waals surface area (Å²) >= 11 is 0. The van der Waals surface area contributed by atoms with Crippen LogP contribution in [0.25, 0.3) is 11.0 Å². The maximum atomic E-state index is 13.3. The van der Waals surface area contributed by atoms with E-state index in [-0.39, 0.29) is 49.0 Å². The standard InChI is InChI=1S/C34H50N8O10.ClH/c1-7-18(2)28(42-33(50)52-34(4,5)6)31(49)41-23(12-13-26(44)45)29(47)38-17-25(43)40-22(9-8-14-37-32(35)36)30(48)39-20-10-11-21-19(3)15-27(46)51-24(21)16-20;/h10-11,15-16,18,22-23,28H,7-9,12-14,17H2,1-6H3,(H,38,47)(H,39,48)(H,40,43)(H,41,49)(H,42,50)(H,44,45)(H4,35,36,37);1H/t18-,22-,23-,28-;/m0./s1. The SMILES string of the molecule is CC[C@H](C)[C@H](NC(=O)OC(C)(C)C)C(=O)N[C@@H](CCC(=O)O)C(=O)NCC(=O)N[C@@H](CCCNC(=N)N)C(=O)Nc1ccc2c(C)cc(=O)oc2c1.Cl. The van der Waals surface area contributed by atoms with Crippen LogP contribution in [0.1, 0.15) is 72.3 Å². The number of carboxylic acids is 1. The van der Waals surface area contributed by atoms with Gasteiger partial charge in [-0.1, -0.05) is 20.3 Å². The van der Waals surface area contributed by atoms with Crippen molar-refractivity contribution < 1.29 is 43.0 Å². The molecule has 53 heavy (non-hydrogen) atoms. The summed E-state index contributed by atoms with van der Waals surface area (Å²) in [6.07, 6.45) is -0.814. The number of halogens is 1. The van der Waals surface area contributed by atoms with Crippen molar-refractivity contribution in [2.24, 2.45) is 11.7 Å². The van der Waals surface area contributed by atoms with Crippen LogP contribution in [0.15, 0.2) is 33.5 Å². The zero-order chi connectivity index (χ0) is 39.2. The molecule has 2 rings (SSSR count). The quantitative estimate of drug-likeness (QED) is 0.0453. The average molecular weight is 767 g/mol. The van der Waals surface area contributed by atoms with E-state index in [0.717, 1.165) is 0 Å². The molecule has 0 spiro atoms. The molecule has 0 aliphatic rings. The molecule has 5 amide bonds. The van der Waals surface area contributed by atoms with E-state index in [2.05, 4.69) is 31.9 Å². The number of carbonyl (C=O) groups is 6. The Morgan fingerprint density at radius 3 is 2.23 bits per heavy atom. The fraction of sp³-hybridized carbons (Fsp3) is 0.529. The number of carbonyl (C=O) groups excluding carboxylic acids is 5. The Bertz CT molecular complexity index is 1690. The number of aryl methyl sites for hydroxylation is 1. The summed E-state index contributed by atoms with van der Waals surface area (Å²) in [5.41, 5.74) is 5.15. The van der Waals surface area contributed by atoms with Gasteiger partial charge < -0.3 is 51.9 Å². The van der Waals surface area contributed by atoms with Crippen molar-refractivity contribution in [3.8, 4) is 0 Å². The molecule has 2 aromatic rings. The number of aliphatic carboxylic acids is 1. The number of nitrogens with one attached hydrogen (secondary N) is 7. The number of hydrogen-bond acceptors (Lipinski definition) is 10. The van der Waals surface area contributed by atoms with E-state index in [1.165, 1.54) is 12.1 Å². The number of benzene rings is 1. The minimum Gasteiger partial charge on any atom is -0.481 e. The Morgan fingerprint density at radius 1 is 0.962 bits per heavy atom. The number of guanidine groups is 1. The lowest BCUT2D eigenvalue weighted by Crippen LogP contribution is -2.57. The lowest BCUT2D eigenvalue weighted by Gasteiger charge is -2.28. The molecule has 19 heteroatoms. The van der Waals surface area contributed by atoms with Crippen LogP contribution in [0.5, 0.6) is 0 Å². The van der Waals surface area contributed by atoms with Crippen molar-refractivity contribution in [1.29, 1.82) is 5.41 Å². The van der Waals surface area contributed by atoms with Crippen LogP contribution >= 0.6 is 12.4 Å². The maximum absolute atomic E-state index is 13.3. The molecule has 0 aliphatic carbocycles. The first-order valence-electron chi connectivity index (χ1n) is 16.8. The Hall–Kier alpha value is -5.39. The van der Waals surface area contributed by atoms with Crippen LogP contribution in [0.4, 0.5) is 10.5 Å². The molecule has 0 fully saturated rings. The topological polar surface area (TPSA) is 284 Å². The Morgan fingerprint density at radius 2 is 1.62 bits per heavy atom. The molecule has 0 unspecified atom stereocenters. The van der Waals surface area contributed by atoms with Gasteiger partial charge in [-0.2, -0.15) is 0 Å². The molecule has 0 bridgehead atoms. The third-order valence-electron chi connectivity index (χ3n) is 7.73. The minimum absolute atomic E-state index is 0. The van der Waals surface area contributed by atoms with Crippen molar-refractivity contribution in [3.63, 3.8) is 0 Å². The molecule has 4 atom stereocenters. The lowest BCUT2D eigenvalue weighted by atomic mass is 9.97.